The van der Waals surface area contributed by atoms with Gasteiger partial charge in [0, 0.05) is 38.8 Å². The molecule has 1 N–H and O–H groups in total. The minimum Gasteiger partial charge on any atom is -0.301 e. The first-order valence-corrected chi connectivity index (χ1v) is 8.67. The molecule has 0 aromatic rings. The van der Waals surface area contributed by atoms with Crippen LogP contribution in [0, 0.1) is 11.3 Å². The maximum absolute atomic E-state index is 11.4. The normalized spacial score (nSPS) is 24.0. The molecule has 0 radical (unpaired) electrons. The van der Waals surface area contributed by atoms with E-state index in [9.17, 15) is 8.42 Å². The largest absolute Gasteiger partial charge is 0.301 e. The molecule has 0 spiro atoms. The number of piperazine rings is 1. The maximum atomic E-state index is 11.4. The molecule has 108 valence electrons. The summed E-state index contributed by atoms with van der Waals surface area (Å²) in [5, 5.41) is 12.4. The van der Waals surface area contributed by atoms with Gasteiger partial charge in [0.2, 0.25) is 10.0 Å². The summed E-state index contributed by atoms with van der Waals surface area (Å²) in [7, 11) is -3.05. The van der Waals surface area contributed by atoms with Crippen molar-refractivity contribution in [3.63, 3.8) is 0 Å². The van der Waals surface area contributed by atoms with Crippen LogP contribution in [0.1, 0.15) is 19.3 Å². The molecule has 1 saturated heterocycles. The molecule has 1 aliphatic carbocycles. The topological polar surface area (TPSA) is 76.4 Å². The fourth-order valence-corrected chi connectivity index (χ4v) is 3.14. The molecule has 1 aliphatic heterocycles. The summed E-state index contributed by atoms with van der Waals surface area (Å²) in [4.78, 5) is 2.24. The Balaban J connectivity index is 1.69. The van der Waals surface area contributed by atoms with Gasteiger partial charge in [0.1, 0.15) is 0 Å². The molecule has 0 amide bonds. The Morgan fingerprint density at radius 2 is 1.95 bits per heavy atom. The molecule has 7 heteroatoms. The molecular weight excluding hydrogens is 264 g/mol. The van der Waals surface area contributed by atoms with Crippen molar-refractivity contribution in [1.29, 1.82) is 5.26 Å². The van der Waals surface area contributed by atoms with Gasteiger partial charge in [0.25, 0.3) is 0 Å². The Bertz CT molecular complexity index is 433. The Kier molecular flexibility index (Phi) is 4.79. The summed E-state index contributed by atoms with van der Waals surface area (Å²) in [6, 6.07) is 2.78. The van der Waals surface area contributed by atoms with Crippen LogP contribution >= 0.6 is 0 Å². The highest BCUT2D eigenvalue weighted by molar-refractivity contribution is 7.88. The van der Waals surface area contributed by atoms with E-state index in [4.69, 9.17) is 5.26 Å². The van der Waals surface area contributed by atoms with Gasteiger partial charge in [0.05, 0.1) is 18.4 Å². The second kappa shape index (κ2) is 6.18. The lowest BCUT2D eigenvalue weighted by molar-refractivity contribution is 0.184. The quantitative estimate of drug-likeness (QED) is 0.719. The molecule has 1 unspecified atom stereocenters. The first-order chi connectivity index (χ1) is 8.99. The molecule has 6 nitrogen and oxygen atoms in total. The molecule has 2 aliphatic rings. The molecule has 1 saturated carbocycles. The lowest BCUT2D eigenvalue weighted by Gasteiger charge is -2.33. The fraction of sp³-hybridized carbons (Fsp3) is 0.917. The van der Waals surface area contributed by atoms with E-state index in [1.54, 1.807) is 0 Å². The van der Waals surface area contributed by atoms with Crippen LogP contribution in [0.4, 0.5) is 0 Å². The zero-order chi connectivity index (χ0) is 13.9. The van der Waals surface area contributed by atoms with E-state index in [1.165, 1.54) is 23.4 Å². The Labute approximate surface area is 115 Å². The van der Waals surface area contributed by atoms with Crippen LogP contribution < -0.4 is 5.32 Å². The summed E-state index contributed by atoms with van der Waals surface area (Å²) < 4.78 is 24.3. The van der Waals surface area contributed by atoms with Gasteiger partial charge in [-0.2, -0.15) is 9.57 Å². The third kappa shape index (κ3) is 4.73. The van der Waals surface area contributed by atoms with Gasteiger partial charge in [-0.25, -0.2) is 8.42 Å². The molecule has 2 fully saturated rings. The van der Waals surface area contributed by atoms with E-state index in [0.717, 1.165) is 26.1 Å². The molecule has 1 heterocycles. The van der Waals surface area contributed by atoms with E-state index in [1.807, 2.05) is 0 Å². The van der Waals surface area contributed by atoms with Crippen LogP contribution in [-0.2, 0) is 10.0 Å². The van der Waals surface area contributed by atoms with Crippen LogP contribution in [0.3, 0.4) is 0 Å². The smallest absolute Gasteiger partial charge is 0.211 e. The molecule has 1 atom stereocenters. The minimum absolute atomic E-state index is 0.0690. The summed E-state index contributed by atoms with van der Waals surface area (Å²) in [6.45, 7) is 3.50. The van der Waals surface area contributed by atoms with Crippen molar-refractivity contribution in [3.05, 3.63) is 0 Å². The minimum atomic E-state index is -3.05. The number of hydrogen-bond acceptors (Lipinski definition) is 5. The predicted octanol–water partition coefficient (Wildman–Crippen LogP) is -0.402. The summed E-state index contributed by atoms with van der Waals surface area (Å²) in [5.41, 5.74) is 0. The lowest BCUT2D eigenvalue weighted by atomic mass is 10.2. The van der Waals surface area contributed by atoms with Crippen molar-refractivity contribution in [1.82, 2.24) is 14.5 Å². The molecule has 0 aromatic heterocycles. The average Bonchev–Trinajstić information content (AvgIpc) is 3.18. The van der Waals surface area contributed by atoms with Crippen molar-refractivity contribution in [2.75, 3.05) is 39.0 Å². The number of nitrogens with one attached hydrogen (secondary N) is 1. The van der Waals surface area contributed by atoms with Crippen LogP contribution in [0.5, 0.6) is 0 Å². The first kappa shape index (κ1) is 14.7. The zero-order valence-corrected chi connectivity index (χ0v) is 12.2. The lowest BCUT2D eigenvalue weighted by Crippen LogP contribution is -2.49. The highest BCUT2D eigenvalue weighted by Gasteiger charge is 2.26. The standard InChI is InChI=1S/C12H22N4O2S/c1-19(17,18)16-8-6-15(7-9-16)5-4-12(10-13)14-11-2-3-11/h11-12,14H,2-9H2,1H3. The van der Waals surface area contributed by atoms with E-state index in [0.29, 0.717) is 19.1 Å². The number of nitrogens with zero attached hydrogens (tertiary/aromatic N) is 3. The van der Waals surface area contributed by atoms with Gasteiger partial charge in [-0.05, 0) is 19.3 Å². The van der Waals surface area contributed by atoms with Crippen LogP contribution in [0.2, 0.25) is 0 Å². The molecule has 19 heavy (non-hydrogen) atoms. The van der Waals surface area contributed by atoms with Gasteiger partial charge in [0.15, 0.2) is 0 Å². The third-order valence-electron chi connectivity index (χ3n) is 3.70. The van der Waals surface area contributed by atoms with Gasteiger partial charge < -0.3 is 4.90 Å². The van der Waals surface area contributed by atoms with E-state index < -0.39 is 10.0 Å². The monoisotopic (exact) mass is 286 g/mol. The van der Waals surface area contributed by atoms with Crippen LogP contribution in [0.15, 0.2) is 0 Å². The zero-order valence-electron chi connectivity index (χ0n) is 11.4. The average molecular weight is 286 g/mol. The van der Waals surface area contributed by atoms with Crippen molar-refractivity contribution in [2.45, 2.75) is 31.3 Å². The summed E-state index contributed by atoms with van der Waals surface area (Å²) >= 11 is 0. The van der Waals surface area contributed by atoms with Crippen molar-refractivity contribution >= 4 is 10.0 Å². The molecule has 2 rings (SSSR count). The van der Waals surface area contributed by atoms with Gasteiger partial charge in [-0.1, -0.05) is 0 Å². The van der Waals surface area contributed by atoms with Crippen molar-refractivity contribution in [3.8, 4) is 6.07 Å². The number of sulfonamides is 1. The molecule has 0 aromatic carbocycles. The second-order valence-electron chi connectivity index (χ2n) is 5.41. The van der Waals surface area contributed by atoms with Gasteiger partial charge in [-0.15, -0.1) is 0 Å². The Morgan fingerprint density at radius 1 is 1.32 bits per heavy atom. The van der Waals surface area contributed by atoms with E-state index >= 15 is 0 Å². The maximum Gasteiger partial charge on any atom is 0.211 e. The first-order valence-electron chi connectivity index (χ1n) is 6.82. The van der Waals surface area contributed by atoms with E-state index in [-0.39, 0.29) is 6.04 Å². The number of hydrogen-bond donors (Lipinski definition) is 1. The van der Waals surface area contributed by atoms with Gasteiger partial charge in [-0.3, -0.25) is 5.32 Å². The van der Waals surface area contributed by atoms with Crippen molar-refractivity contribution in [2.24, 2.45) is 0 Å². The summed E-state index contributed by atoms with van der Waals surface area (Å²) in [5.74, 6) is 0. The van der Waals surface area contributed by atoms with Gasteiger partial charge >= 0.3 is 0 Å². The SMILES string of the molecule is CS(=O)(=O)N1CCN(CCC(C#N)NC2CC2)CC1. The number of nitriles is 1. The second-order valence-corrected chi connectivity index (χ2v) is 7.40. The predicted molar refractivity (Wildman–Crippen MR) is 73.0 cm³/mol. The number of rotatable bonds is 6. The van der Waals surface area contributed by atoms with E-state index in [2.05, 4.69) is 16.3 Å². The summed E-state index contributed by atoms with van der Waals surface area (Å²) in [6.07, 6.45) is 4.44. The van der Waals surface area contributed by atoms with Crippen LogP contribution in [-0.4, -0.2) is 68.7 Å². The highest BCUT2D eigenvalue weighted by atomic mass is 32.2. The Morgan fingerprint density at radius 3 is 2.42 bits per heavy atom. The Hall–Kier alpha value is -0.680. The third-order valence-corrected chi connectivity index (χ3v) is 5.01. The molecule has 0 bridgehead atoms. The van der Waals surface area contributed by atoms with Crippen LogP contribution in [0.25, 0.3) is 0 Å². The van der Waals surface area contributed by atoms with Crippen molar-refractivity contribution < 1.29 is 8.42 Å². The highest BCUT2D eigenvalue weighted by Crippen LogP contribution is 2.20. The molecular formula is C12H22N4O2S. The fourth-order valence-electron chi connectivity index (χ4n) is 2.32.